The zero-order chi connectivity index (χ0) is 22.8. The topological polar surface area (TPSA) is 132 Å². The summed E-state index contributed by atoms with van der Waals surface area (Å²) in [5.41, 5.74) is 9.48. The maximum atomic E-state index is 12.9. The molecule has 3 aromatic rings. The molecule has 1 aliphatic heterocycles. The van der Waals surface area contributed by atoms with Crippen LogP contribution in [0.3, 0.4) is 0 Å². The summed E-state index contributed by atoms with van der Waals surface area (Å²) in [5, 5.41) is 12.9. The van der Waals surface area contributed by atoms with Gasteiger partial charge in [-0.15, -0.1) is 0 Å². The van der Waals surface area contributed by atoms with Gasteiger partial charge in [-0.3, -0.25) is 15.0 Å². The van der Waals surface area contributed by atoms with Crippen LogP contribution in [0.5, 0.6) is 0 Å². The minimum atomic E-state index is -1.11. The summed E-state index contributed by atoms with van der Waals surface area (Å²) < 4.78 is 12.9. The van der Waals surface area contributed by atoms with Gasteiger partial charge in [0.2, 0.25) is 11.7 Å². The van der Waals surface area contributed by atoms with Crippen molar-refractivity contribution in [3.8, 4) is 0 Å². The number of carbonyl (C=O) groups excluding carboxylic acids is 1. The number of hydrogen-bond acceptors (Lipinski definition) is 8. The molecule has 0 aliphatic carbocycles. The highest BCUT2D eigenvalue weighted by atomic mass is 16.5. The SMILES string of the molecule is CCCn1c(NC(=O)c2oc(C)nc2C)nc2cc(C(N)O)cc(CN3CCOCC3)c21. The fourth-order valence-corrected chi connectivity index (χ4v) is 4.11. The largest absolute Gasteiger partial charge is 0.436 e. The Hall–Kier alpha value is -2.79. The van der Waals surface area contributed by atoms with Crippen molar-refractivity contribution in [2.45, 2.75) is 46.5 Å². The Morgan fingerprint density at radius 3 is 2.66 bits per heavy atom. The number of hydrogen-bond donors (Lipinski definition) is 3. The highest BCUT2D eigenvalue weighted by molar-refractivity contribution is 6.03. The molecule has 0 spiro atoms. The number of nitrogens with one attached hydrogen (secondary N) is 1. The smallest absolute Gasteiger partial charge is 0.295 e. The van der Waals surface area contributed by atoms with Gasteiger partial charge in [0.15, 0.2) is 5.89 Å². The Morgan fingerprint density at radius 2 is 2.03 bits per heavy atom. The van der Waals surface area contributed by atoms with E-state index < -0.39 is 12.1 Å². The number of aryl methyl sites for hydroxylation is 3. The van der Waals surface area contributed by atoms with Crippen molar-refractivity contribution in [1.29, 1.82) is 0 Å². The minimum Gasteiger partial charge on any atom is -0.436 e. The standard InChI is InChI=1S/C22H30N6O4/c1-4-5-28-18-16(12-27-6-8-31-9-7-27)10-15(20(23)29)11-17(18)25-22(28)26-21(30)19-13(2)24-14(3)32-19/h10-11,20,29H,4-9,12,23H2,1-3H3,(H,25,26,30). The van der Waals surface area contributed by atoms with Gasteiger partial charge in [0.05, 0.1) is 29.9 Å². The lowest BCUT2D eigenvalue weighted by molar-refractivity contribution is 0.0343. The number of imidazole rings is 1. The molecule has 1 unspecified atom stereocenters. The van der Waals surface area contributed by atoms with Crippen LogP contribution in [-0.4, -0.2) is 56.8 Å². The summed E-state index contributed by atoms with van der Waals surface area (Å²) in [6.45, 7) is 9.87. The predicted octanol–water partition coefficient (Wildman–Crippen LogP) is 2.09. The number of aliphatic hydroxyl groups is 1. The lowest BCUT2D eigenvalue weighted by Gasteiger charge is -2.27. The van der Waals surface area contributed by atoms with Gasteiger partial charge < -0.3 is 24.6 Å². The first-order valence-corrected chi connectivity index (χ1v) is 10.9. The lowest BCUT2D eigenvalue weighted by Crippen LogP contribution is -2.35. The summed E-state index contributed by atoms with van der Waals surface area (Å²) >= 11 is 0. The van der Waals surface area contributed by atoms with Crippen molar-refractivity contribution < 1.29 is 19.1 Å². The number of carbonyl (C=O) groups is 1. The molecule has 3 heterocycles. The van der Waals surface area contributed by atoms with Gasteiger partial charge in [0.25, 0.3) is 5.91 Å². The van der Waals surface area contributed by atoms with E-state index in [0.717, 1.165) is 30.6 Å². The lowest BCUT2D eigenvalue weighted by atomic mass is 10.1. The van der Waals surface area contributed by atoms with Crippen LogP contribution >= 0.6 is 0 Å². The number of morpholine rings is 1. The number of aromatic nitrogens is 3. The van der Waals surface area contributed by atoms with Gasteiger partial charge in [-0.05, 0) is 36.6 Å². The van der Waals surface area contributed by atoms with Crippen LogP contribution in [0, 0.1) is 13.8 Å². The second-order valence-corrected chi connectivity index (χ2v) is 8.07. The van der Waals surface area contributed by atoms with E-state index in [4.69, 9.17) is 14.9 Å². The van der Waals surface area contributed by atoms with E-state index in [9.17, 15) is 9.90 Å². The molecule has 32 heavy (non-hydrogen) atoms. The highest BCUT2D eigenvalue weighted by Crippen LogP contribution is 2.29. The van der Waals surface area contributed by atoms with E-state index in [2.05, 4.69) is 27.1 Å². The average molecular weight is 443 g/mol. The molecule has 1 amide bonds. The molecule has 1 saturated heterocycles. The molecule has 1 aliphatic rings. The van der Waals surface area contributed by atoms with Crippen molar-refractivity contribution in [3.05, 3.63) is 40.6 Å². The van der Waals surface area contributed by atoms with Gasteiger partial charge in [0.1, 0.15) is 6.23 Å². The monoisotopic (exact) mass is 442 g/mol. The van der Waals surface area contributed by atoms with E-state index in [1.54, 1.807) is 19.9 Å². The molecular formula is C22H30N6O4. The second-order valence-electron chi connectivity index (χ2n) is 8.07. The zero-order valence-corrected chi connectivity index (χ0v) is 18.7. The molecule has 10 nitrogen and oxygen atoms in total. The normalized spacial score (nSPS) is 15.9. The quantitative estimate of drug-likeness (QED) is 0.474. The van der Waals surface area contributed by atoms with Crippen LogP contribution < -0.4 is 11.1 Å². The van der Waals surface area contributed by atoms with Gasteiger partial charge >= 0.3 is 0 Å². The van der Waals surface area contributed by atoms with Crippen LogP contribution in [-0.2, 0) is 17.8 Å². The summed E-state index contributed by atoms with van der Waals surface area (Å²) in [6, 6.07) is 3.69. The molecule has 4 N–H and O–H groups in total. The summed E-state index contributed by atoms with van der Waals surface area (Å²) in [4.78, 5) is 24.0. The molecule has 1 fully saturated rings. The number of fused-ring (bicyclic) bond motifs is 1. The molecule has 10 heteroatoms. The fourth-order valence-electron chi connectivity index (χ4n) is 4.11. The summed E-state index contributed by atoms with van der Waals surface area (Å²) in [6.07, 6.45) is -0.260. The average Bonchev–Trinajstić information content (AvgIpc) is 3.28. The third kappa shape index (κ3) is 4.53. The molecule has 1 aromatic carbocycles. The second kappa shape index (κ2) is 9.37. The number of rotatable bonds is 7. The number of anilines is 1. The zero-order valence-electron chi connectivity index (χ0n) is 18.7. The molecule has 0 saturated carbocycles. The molecule has 172 valence electrons. The maximum absolute atomic E-state index is 12.9. The molecule has 4 rings (SSSR count). The third-order valence-electron chi connectivity index (χ3n) is 5.56. The van der Waals surface area contributed by atoms with Crippen molar-refractivity contribution >= 4 is 22.9 Å². The number of benzene rings is 1. The van der Waals surface area contributed by atoms with E-state index in [1.165, 1.54) is 0 Å². The Balaban J connectivity index is 1.77. The number of aliphatic hydroxyl groups excluding tert-OH is 1. The van der Waals surface area contributed by atoms with Crippen LogP contribution in [0.15, 0.2) is 16.5 Å². The van der Waals surface area contributed by atoms with Crippen molar-refractivity contribution in [2.24, 2.45) is 5.73 Å². The molecule has 2 aromatic heterocycles. The molecule has 0 bridgehead atoms. The maximum Gasteiger partial charge on any atom is 0.295 e. The Morgan fingerprint density at radius 1 is 1.28 bits per heavy atom. The Bertz CT molecular complexity index is 1110. The Kier molecular flexibility index (Phi) is 6.56. The summed E-state index contributed by atoms with van der Waals surface area (Å²) in [5.74, 6) is 0.630. The molecule has 1 atom stereocenters. The van der Waals surface area contributed by atoms with E-state index in [0.29, 0.717) is 54.9 Å². The predicted molar refractivity (Wildman–Crippen MR) is 119 cm³/mol. The Labute approximate surface area is 186 Å². The van der Waals surface area contributed by atoms with Gasteiger partial charge in [-0.1, -0.05) is 6.92 Å². The van der Waals surface area contributed by atoms with E-state index in [1.807, 2.05) is 10.6 Å². The van der Waals surface area contributed by atoms with Gasteiger partial charge in [0, 0.05) is 33.1 Å². The summed E-state index contributed by atoms with van der Waals surface area (Å²) in [7, 11) is 0. The minimum absolute atomic E-state index is 0.171. The number of ether oxygens (including phenoxy) is 1. The van der Waals surface area contributed by atoms with E-state index >= 15 is 0 Å². The molecule has 0 radical (unpaired) electrons. The third-order valence-corrected chi connectivity index (χ3v) is 5.56. The number of nitrogens with zero attached hydrogens (tertiary/aromatic N) is 4. The highest BCUT2D eigenvalue weighted by Gasteiger charge is 2.23. The van der Waals surface area contributed by atoms with Crippen molar-refractivity contribution in [2.75, 3.05) is 31.6 Å². The number of oxazole rings is 1. The van der Waals surface area contributed by atoms with Gasteiger partial charge in [-0.2, -0.15) is 0 Å². The first kappa shape index (κ1) is 22.4. The number of amides is 1. The van der Waals surface area contributed by atoms with Crippen molar-refractivity contribution in [3.63, 3.8) is 0 Å². The first-order chi connectivity index (χ1) is 15.4. The van der Waals surface area contributed by atoms with Gasteiger partial charge in [-0.25, -0.2) is 9.97 Å². The van der Waals surface area contributed by atoms with Crippen LogP contribution in [0.25, 0.3) is 11.0 Å². The van der Waals surface area contributed by atoms with E-state index in [-0.39, 0.29) is 5.76 Å². The van der Waals surface area contributed by atoms with Crippen LogP contribution in [0.1, 0.15) is 52.8 Å². The van der Waals surface area contributed by atoms with Crippen LogP contribution in [0.2, 0.25) is 0 Å². The first-order valence-electron chi connectivity index (χ1n) is 10.9. The van der Waals surface area contributed by atoms with Crippen LogP contribution in [0.4, 0.5) is 5.95 Å². The van der Waals surface area contributed by atoms with Crippen molar-refractivity contribution in [1.82, 2.24) is 19.4 Å². The molecular weight excluding hydrogens is 412 g/mol. The fraction of sp³-hybridized carbons (Fsp3) is 0.500. The number of nitrogens with two attached hydrogens (primary N) is 1.